The Labute approximate surface area is 161 Å². The van der Waals surface area contributed by atoms with Crippen molar-refractivity contribution in [1.29, 1.82) is 0 Å². The number of carbonyl (C=O) groups is 2. The van der Waals surface area contributed by atoms with Crippen molar-refractivity contribution in [2.75, 3.05) is 6.61 Å². The highest BCUT2D eigenvalue weighted by atomic mass is 16.5. The zero-order chi connectivity index (χ0) is 20.4. The maximum absolute atomic E-state index is 12.1. The van der Waals surface area contributed by atoms with Crippen molar-refractivity contribution in [2.45, 2.75) is 77.1 Å². The van der Waals surface area contributed by atoms with E-state index in [2.05, 4.69) is 18.8 Å². The molecule has 0 aliphatic heterocycles. The number of hydrogen-bond donors (Lipinski definition) is 3. The molecule has 1 aliphatic carbocycles. The number of aliphatic carboxylic acids is 1. The van der Waals surface area contributed by atoms with E-state index in [1.807, 2.05) is 12.2 Å². The summed E-state index contributed by atoms with van der Waals surface area (Å²) in [5.41, 5.74) is -0.784. The van der Waals surface area contributed by atoms with Crippen molar-refractivity contribution in [3.05, 3.63) is 12.2 Å². The molecule has 0 spiro atoms. The average Bonchev–Trinajstić information content (AvgIpc) is 2.86. The SMILES string of the molecule is CCCCC(C)(O)CC=CC1C(O)CC(=O)C1CC#CCOC(C)C(=O)O. The van der Waals surface area contributed by atoms with Gasteiger partial charge in [0.1, 0.15) is 12.4 Å². The number of Topliss-reactive ketones (excluding diaryl/α,β-unsaturated/α-hetero) is 1. The quantitative estimate of drug-likeness (QED) is 0.397. The zero-order valence-corrected chi connectivity index (χ0v) is 16.5. The predicted molar refractivity (Wildman–Crippen MR) is 102 cm³/mol. The van der Waals surface area contributed by atoms with Gasteiger partial charge >= 0.3 is 5.97 Å². The molecule has 5 unspecified atom stereocenters. The molecular formula is C21H32O6. The van der Waals surface area contributed by atoms with Crippen molar-refractivity contribution in [1.82, 2.24) is 0 Å². The summed E-state index contributed by atoms with van der Waals surface area (Å²) in [6.07, 6.45) is 5.58. The van der Waals surface area contributed by atoms with Crippen LogP contribution in [0.1, 0.15) is 59.3 Å². The van der Waals surface area contributed by atoms with Gasteiger partial charge in [-0.25, -0.2) is 4.79 Å². The molecule has 0 saturated heterocycles. The van der Waals surface area contributed by atoms with E-state index in [0.717, 1.165) is 12.8 Å². The first kappa shape index (κ1) is 23.4. The van der Waals surface area contributed by atoms with Crippen LogP contribution in [0.4, 0.5) is 0 Å². The van der Waals surface area contributed by atoms with Gasteiger partial charge in [0.25, 0.3) is 0 Å². The zero-order valence-electron chi connectivity index (χ0n) is 16.5. The molecular weight excluding hydrogens is 348 g/mol. The first-order valence-corrected chi connectivity index (χ1v) is 9.58. The highest BCUT2D eigenvalue weighted by Crippen LogP contribution is 2.33. The Balaban J connectivity index is 2.58. The molecule has 0 aromatic rings. The van der Waals surface area contributed by atoms with E-state index < -0.39 is 23.8 Å². The van der Waals surface area contributed by atoms with Gasteiger partial charge in [-0.3, -0.25) is 4.79 Å². The third kappa shape index (κ3) is 8.25. The van der Waals surface area contributed by atoms with Crippen LogP contribution in [-0.2, 0) is 14.3 Å². The van der Waals surface area contributed by atoms with Crippen LogP contribution in [0, 0.1) is 23.7 Å². The van der Waals surface area contributed by atoms with Crippen LogP contribution in [0.5, 0.6) is 0 Å². The molecule has 0 bridgehead atoms. The number of aliphatic hydroxyl groups excluding tert-OH is 1. The van der Waals surface area contributed by atoms with Crippen LogP contribution in [-0.4, -0.2) is 51.5 Å². The Morgan fingerprint density at radius 3 is 2.78 bits per heavy atom. The molecule has 1 fully saturated rings. The number of rotatable bonds is 10. The molecule has 0 heterocycles. The number of unbranched alkanes of at least 4 members (excludes halogenated alkanes) is 1. The minimum atomic E-state index is -1.05. The van der Waals surface area contributed by atoms with Gasteiger partial charge < -0.3 is 20.1 Å². The summed E-state index contributed by atoms with van der Waals surface area (Å²) in [5.74, 6) is 3.80. The number of carbonyl (C=O) groups excluding carboxylic acids is 1. The molecule has 6 heteroatoms. The third-order valence-corrected chi connectivity index (χ3v) is 4.92. The standard InChI is InChI=1S/C21H32O6/c1-4-5-11-21(3,26)12-8-10-17-16(18(22)14-19(17)23)9-6-7-13-27-15(2)20(24)25/h8,10,15-17,19,23,26H,4-5,9,11-14H2,1-3H3,(H,24,25). The molecule has 0 amide bonds. The van der Waals surface area contributed by atoms with E-state index in [9.17, 15) is 19.8 Å². The molecule has 0 aromatic heterocycles. The molecule has 0 radical (unpaired) electrons. The van der Waals surface area contributed by atoms with Gasteiger partial charge in [-0.05, 0) is 26.7 Å². The van der Waals surface area contributed by atoms with E-state index in [0.29, 0.717) is 19.3 Å². The number of aliphatic hydroxyl groups is 2. The van der Waals surface area contributed by atoms with Gasteiger partial charge in [0.2, 0.25) is 0 Å². The van der Waals surface area contributed by atoms with Crippen molar-refractivity contribution >= 4 is 11.8 Å². The van der Waals surface area contributed by atoms with Crippen LogP contribution in [0.2, 0.25) is 0 Å². The molecule has 1 rings (SSSR count). The fraction of sp³-hybridized carbons (Fsp3) is 0.714. The fourth-order valence-corrected chi connectivity index (χ4v) is 3.10. The lowest BCUT2D eigenvalue weighted by Crippen LogP contribution is -2.23. The Morgan fingerprint density at radius 1 is 1.44 bits per heavy atom. The third-order valence-electron chi connectivity index (χ3n) is 4.92. The van der Waals surface area contributed by atoms with Gasteiger partial charge in [-0.1, -0.05) is 37.8 Å². The van der Waals surface area contributed by atoms with Gasteiger partial charge in [0, 0.05) is 24.7 Å². The number of ketones is 1. The molecule has 0 aromatic carbocycles. The summed E-state index contributed by atoms with van der Waals surface area (Å²) in [6.45, 7) is 5.28. The molecule has 27 heavy (non-hydrogen) atoms. The van der Waals surface area contributed by atoms with Gasteiger partial charge in [-0.15, -0.1) is 5.92 Å². The maximum Gasteiger partial charge on any atom is 0.332 e. The second-order valence-electron chi connectivity index (χ2n) is 7.50. The number of ether oxygens (including phenoxy) is 1. The number of hydrogen-bond acceptors (Lipinski definition) is 5. The van der Waals surface area contributed by atoms with E-state index in [1.165, 1.54) is 6.92 Å². The summed E-state index contributed by atoms with van der Waals surface area (Å²) >= 11 is 0. The van der Waals surface area contributed by atoms with E-state index in [4.69, 9.17) is 9.84 Å². The topological polar surface area (TPSA) is 104 Å². The average molecular weight is 380 g/mol. The molecule has 1 saturated carbocycles. The summed E-state index contributed by atoms with van der Waals surface area (Å²) in [5, 5.41) is 29.2. The minimum absolute atomic E-state index is 0.0161. The summed E-state index contributed by atoms with van der Waals surface area (Å²) in [6, 6.07) is 0. The highest BCUT2D eigenvalue weighted by molar-refractivity contribution is 5.85. The van der Waals surface area contributed by atoms with Crippen molar-refractivity contribution in [3.8, 4) is 11.8 Å². The van der Waals surface area contributed by atoms with Crippen LogP contribution in [0.15, 0.2) is 12.2 Å². The number of carboxylic acids is 1. The monoisotopic (exact) mass is 380 g/mol. The highest BCUT2D eigenvalue weighted by Gasteiger charge is 2.39. The normalized spacial score (nSPS) is 25.8. The van der Waals surface area contributed by atoms with Gasteiger partial charge in [0.05, 0.1) is 11.7 Å². The van der Waals surface area contributed by atoms with Gasteiger partial charge in [-0.2, -0.15) is 0 Å². The summed E-state index contributed by atoms with van der Waals surface area (Å²) < 4.78 is 5.03. The molecule has 3 N–H and O–H groups in total. The summed E-state index contributed by atoms with van der Waals surface area (Å²) in [4.78, 5) is 22.8. The van der Waals surface area contributed by atoms with E-state index >= 15 is 0 Å². The number of carboxylic acid groups (broad SMARTS) is 1. The Bertz CT molecular complexity index is 583. The molecule has 1 aliphatic rings. The largest absolute Gasteiger partial charge is 0.479 e. The first-order valence-electron chi connectivity index (χ1n) is 9.58. The molecule has 6 nitrogen and oxygen atoms in total. The second-order valence-corrected chi connectivity index (χ2v) is 7.50. The Hall–Kier alpha value is -1.68. The van der Waals surface area contributed by atoms with Crippen LogP contribution >= 0.6 is 0 Å². The molecule has 5 atom stereocenters. The molecule has 152 valence electrons. The first-order chi connectivity index (χ1) is 12.7. The van der Waals surface area contributed by atoms with Crippen LogP contribution in [0.25, 0.3) is 0 Å². The van der Waals surface area contributed by atoms with Crippen LogP contribution < -0.4 is 0 Å². The smallest absolute Gasteiger partial charge is 0.332 e. The lowest BCUT2D eigenvalue weighted by Gasteiger charge is -2.22. The second kappa shape index (κ2) is 11.2. The fourth-order valence-electron chi connectivity index (χ4n) is 3.10. The van der Waals surface area contributed by atoms with Gasteiger partial charge in [0.15, 0.2) is 6.10 Å². The maximum atomic E-state index is 12.1. The minimum Gasteiger partial charge on any atom is -0.479 e. The Kier molecular flexibility index (Phi) is 9.71. The summed E-state index contributed by atoms with van der Waals surface area (Å²) in [7, 11) is 0. The Morgan fingerprint density at radius 2 is 2.15 bits per heavy atom. The van der Waals surface area contributed by atoms with Crippen molar-refractivity contribution in [2.24, 2.45) is 11.8 Å². The predicted octanol–water partition coefficient (Wildman–Crippen LogP) is 2.32. The van der Waals surface area contributed by atoms with Crippen LogP contribution in [0.3, 0.4) is 0 Å². The van der Waals surface area contributed by atoms with Crippen molar-refractivity contribution in [3.63, 3.8) is 0 Å². The van der Waals surface area contributed by atoms with E-state index in [-0.39, 0.29) is 30.6 Å². The lowest BCUT2D eigenvalue weighted by molar-refractivity contribution is -0.148. The van der Waals surface area contributed by atoms with E-state index in [1.54, 1.807) is 6.92 Å². The van der Waals surface area contributed by atoms with Crippen molar-refractivity contribution < 1.29 is 29.6 Å². The lowest BCUT2D eigenvalue weighted by atomic mass is 9.89.